The summed E-state index contributed by atoms with van der Waals surface area (Å²) in [5.41, 5.74) is 3.13. The quantitative estimate of drug-likeness (QED) is 0.651. The van der Waals surface area contributed by atoms with Crippen LogP contribution in [-0.2, 0) is 11.3 Å². The average molecular weight is 351 g/mol. The Morgan fingerprint density at radius 2 is 2.15 bits per heavy atom. The Bertz CT molecular complexity index is 831. The van der Waals surface area contributed by atoms with Gasteiger partial charge in [0, 0.05) is 17.4 Å². The standard InChI is InChI=1S/C21H25N3O2/c1-15-11-17(16(2)24(15)14-20-9-6-10-26-20)12-18(13-22)21(25)23-19-7-4-3-5-8-19/h6,9-12,19H,3-5,7-8,14H2,1-2H3,(H,23,25)/b18-12+. The summed E-state index contributed by atoms with van der Waals surface area (Å²) in [6.45, 7) is 4.64. The van der Waals surface area contributed by atoms with Crippen LogP contribution in [0.25, 0.3) is 6.08 Å². The van der Waals surface area contributed by atoms with Crippen LogP contribution in [0.2, 0.25) is 0 Å². The maximum Gasteiger partial charge on any atom is 0.262 e. The lowest BCUT2D eigenvalue weighted by Gasteiger charge is -2.22. The van der Waals surface area contributed by atoms with Gasteiger partial charge in [-0.15, -0.1) is 0 Å². The molecule has 1 aliphatic rings. The summed E-state index contributed by atoms with van der Waals surface area (Å²) in [7, 11) is 0. The highest BCUT2D eigenvalue weighted by Crippen LogP contribution is 2.21. The lowest BCUT2D eigenvalue weighted by atomic mass is 9.95. The molecule has 0 radical (unpaired) electrons. The Labute approximate surface area is 154 Å². The van der Waals surface area contributed by atoms with Gasteiger partial charge >= 0.3 is 0 Å². The first-order valence-corrected chi connectivity index (χ1v) is 9.20. The lowest BCUT2D eigenvalue weighted by molar-refractivity contribution is -0.117. The zero-order valence-corrected chi connectivity index (χ0v) is 15.4. The van der Waals surface area contributed by atoms with E-state index in [4.69, 9.17) is 4.42 Å². The molecule has 2 aromatic heterocycles. The minimum Gasteiger partial charge on any atom is -0.467 e. The second kappa shape index (κ2) is 8.09. The molecule has 136 valence electrons. The third kappa shape index (κ3) is 4.08. The van der Waals surface area contributed by atoms with Gasteiger partial charge in [-0.3, -0.25) is 4.79 Å². The second-order valence-electron chi connectivity index (χ2n) is 6.97. The SMILES string of the molecule is Cc1cc(/C=C(\C#N)C(=O)NC2CCCCC2)c(C)n1Cc1ccco1. The van der Waals surface area contributed by atoms with Crippen molar-refractivity contribution < 1.29 is 9.21 Å². The molecular formula is C21H25N3O2. The maximum atomic E-state index is 12.5. The van der Waals surface area contributed by atoms with Crippen molar-refractivity contribution in [1.82, 2.24) is 9.88 Å². The molecule has 0 aromatic carbocycles. The molecule has 0 bridgehead atoms. The second-order valence-corrected chi connectivity index (χ2v) is 6.97. The van der Waals surface area contributed by atoms with Crippen molar-refractivity contribution in [2.24, 2.45) is 0 Å². The van der Waals surface area contributed by atoms with Gasteiger partial charge in [0.05, 0.1) is 12.8 Å². The first kappa shape index (κ1) is 18.1. The van der Waals surface area contributed by atoms with Crippen molar-refractivity contribution in [1.29, 1.82) is 5.26 Å². The molecule has 0 unspecified atom stereocenters. The van der Waals surface area contributed by atoms with Crippen LogP contribution in [0.4, 0.5) is 0 Å². The van der Waals surface area contributed by atoms with Gasteiger partial charge in [0.1, 0.15) is 17.4 Å². The highest BCUT2D eigenvalue weighted by Gasteiger charge is 2.19. The average Bonchev–Trinajstić information content (AvgIpc) is 3.24. The monoisotopic (exact) mass is 351 g/mol. The molecule has 1 amide bonds. The summed E-state index contributed by atoms with van der Waals surface area (Å²) in [6.07, 6.45) is 8.88. The Morgan fingerprint density at radius 1 is 1.38 bits per heavy atom. The van der Waals surface area contributed by atoms with Crippen LogP contribution in [0, 0.1) is 25.2 Å². The van der Waals surface area contributed by atoms with Crippen molar-refractivity contribution in [2.75, 3.05) is 0 Å². The molecule has 0 aliphatic heterocycles. The van der Waals surface area contributed by atoms with Crippen LogP contribution in [-0.4, -0.2) is 16.5 Å². The number of nitrogens with zero attached hydrogens (tertiary/aromatic N) is 2. The van der Waals surface area contributed by atoms with E-state index in [1.165, 1.54) is 6.42 Å². The number of rotatable bonds is 5. The summed E-state index contributed by atoms with van der Waals surface area (Å²) in [5, 5.41) is 12.5. The summed E-state index contributed by atoms with van der Waals surface area (Å²) in [6, 6.07) is 8.07. The van der Waals surface area contributed by atoms with Crippen molar-refractivity contribution in [2.45, 2.75) is 58.5 Å². The first-order valence-electron chi connectivity index (χ1n) is 9.20. The number of carbonyl (C=O) groups is 1. The predicted molar refractivity (Wildman–Crippen MR) is 100 cm³/mol. The fourth-order valence-electron chi connectivity index (χ4n) is 3.59. The van der Waals surface area contributed by atoms with Crippen LogP contribution in [0.1, 0.15) is 54.8 Å². The third-order valence-corrected chi connectivity index (χ3v) is 5.11. The van der Waals surface area contributed by atoms with Gasteiger partial charge < -0.3 is 14.3 Å². The zero-order chi connectivity index (χ0) is 18.5. The van der Waals surface area contributed by atoms with Crippen LogP contribution in [0.15, 0.2) is 34.5 Å². The molecule has 26 heavy (non-hydrogen) atoms. The molecule has 0 spiro atoms. The summed E-state index contributed by atoms with van der Waals surface area (Å²) >= 11 is 0. The van der Waals surface area contributed by atoms with E-state index in [9.17, 15) is 10.1 Å². The zero-order valence-electron chi connectivity index (χ0n) is 15.4. The predicted octanol–water partition coefficient (Wildman–Crippen LogP) is 4.10. The van der Waals surface area contributed by atoms with Crippen LogP contribution in [0.5, 0.6) is 0 Å². The first-order chi connectivity index (χ1) is 12.6. The van der Waals surface area contributed by atoms with Gasteiger partial charge in [-0.1, -0.05) is 19.3 Å². The maximum absolute atomic E-state index is 12.5. The van der Waals surface area contributed by atoms with Crippen molar-refractivity contribution in [3.8, 4) is 6.07 Å². The van der Waals surface area contributed by atoms with E-state index >= 15 is 0 Å². The molecule has 2 heterocycles. The fourth-order valence-corrected chi connectivity index (χ4v) is 3.59. The minimum absolute atomic E-state index is 0.161. The molecule has 0 atom stereocenters. The van der Waals surface area contributed by atoms with E-state index in [1.54, 1.807) is 12.3 Å². The Hall–Kier alpha value is -2.74. The van der Waals surface area contributed by atoms with Gasteiger partial charge in [0.15, 0.2) is 0 Å². The molecule has 1 saturated carbocycles. The van der Waals surface area contributed by atoms with Gasteiger partial charge in [-0.2, -0.15) is 5.26 Å². The Kier molecular flexibility index (Phi) is 5.62. The molecule has 2 aromatic rings. The van der Waals surface area contributed by atoms with E-state index < -0.39 is 0 Å². The smallest absolute Gasteiger partial charge is 0.262 e. The van der Waals surface area contributed by atoms with E-state index in [0.29, 0.717) is 6.54 Å². The van der Waals surface area contributed by atoms with Gasteiger partial charge in [-0.25, -0.2) is 0 Å². The number of aryl methyl sites for hydroxylation is 1. The third-order valence-electron chi connectivity index (χ3n) is 5.11. The van der Waals surface area contributed by atoms with Gasteiger partial charge in [0.2, 0.25) is 0 Å². The van der Waals surface area contributed by atoms with Crippen molar-refractivity contribution in [3.05, 3.63) is 52.7 Å². The number of amides is 1. The number of carbonyl (C=O) groups excluding carboxylic acids is 1. The van der Waals surface area contributed by atoms with Gasteiger partial charge in [-0.05, 0) is 56.5 Å². The van der Waals surface area contributed by atoms with Gasteiger partial charge in [0.25, 0.3) is 5.91 Å². The lowest BCUT2D eigenvalue weighted by Crippen LogP contribution is -2.36. The molecule has 5 heteroatoms. The van der Waals surface area contributed by atoms with Crippen molar-refractivity contribution in [3.63, 3.8) is 0 Å². The largest absolute Gasteiger partial charge is 0.467 e. The normalized spacial score (nSPS) is 15.7. The summed E-state index contributed by atoms with van der Waals surface area (Å²) in [4.78, 5) is 12.5. The number of nitrogens with one attached hydrogen (secondary N) is 1. The highest BCUT2D eigenvalue weighted by atomic mass is 16.3. The molecule has 1 fully saturated rings. The summed E-state index contributed by atoms with van der Waals surface area (Å²) < 4.78 is 7.55. The number of hydrogen-bond donors (Lipinski definition) is 1. The molecule has 5 nitrogen and oxygen atoms in total. The fraction of sp³-hybridized carbons (Fsp3) is 0.429. The molecular weight excluding hydrogens is 326 g/mol. The number of furan rings is 1. The number of aromatic nitrogens is 1. The Morgan fingerprint density at radius 3 is 2.81 bits per heavy atom. The molecule has 1 N–H and O–H groups in total. The van der Waals surface area contributed by atoms with Crippen molar-refractivity contribution >= 4 is 12.0 Å². The highest BCUT2D eigenvalue weighted by molar-refractivity contribution is 6.02. The van der Waals surface area contributed by atoms with E-state index in [1.807, 2.05) is 32.0 Å². The van der Waals surface area contributed by atoms with E-state index in [0.717, 1.165) is 48.4 Å². The molecule has 1 aliphatic carbocycles. The molecule has 0 saturated heterocycles. The topological polar surface area (TPSA) is 71.0 Å². The van der Waals surface area contributed by atoms with E-state index in [2.05, 4.69) is 16.0 Å². The van der Waals surface area contributed by atoms with Crippen LogP contribution >= 0.6 is 0 Å². The van der Waals surface area contributed by atoms with Crippen LogP contribution in [0.3, 0.4) is 0 Å². The number of nitriles is 1. The minimum atomic E-state index is -0.268. The summed E-state index contributed by atoms with van der Waals surface area (Å²) in [5.74, 6) is 0.605. The Balaban J connectivity index is 1.78. The number of hydrogen-bond acceptors (Lipinski definition) is 3. The van der Waals surface area contributed by atoms with Crippen LogP contribution < -0.4 is 5.32 Å². The van der Waals surface area contributed by atoms with E-state index in [-0.39, 0.29) is 17.5 Å². The molecule has 3 rings (SSSR count).